The Labute approximate surface area is 439 Å². The van der Waals surface area contributed by atoms with Crippen LogP contribution in [0.3, 0.4) is 0 Å². The van der Waals surface area contributed by atoms with Crippen LogP contribution in [0.4, 0.5) is 0 Å². The number of methoxy groups -OCH3 is 4. The molecule has 1 heterocycles. The minimum Gasteiger partial charge on any atom is -0.469 e. The second-order valence-corrected chi connectivity index (χ2v) is 24.4. The van der Waals surface area contributed by atoms with Gasteiger partial charge in [-0.3, -0.25) is 9.59 Å². The van der Waals surface area contributed by atoms with Gasteiger partial charge in [-0.2, -0.15) is 0 Å². The van der Waals surface area contributed by atoms with Crippen molar-refractivity contribution in [2.75, 3.05) is 54.9 Å². The van der Waals surface area contributed by atoms with Crippen molar-refractivity contribution < 1.29 is 37.7 Å². The van der Waals surface area contributed by atoms with Gasteiger partial charge in [0, 0.05) is 20.8 Å². The molecule has 0 aromatic heterocycles. The Balaban J connectivity index is -0.000000193. The lowest BCUT2D eigenvalue weighted by molar-refractivity contribution is -0.150. The molecule has 1 aliphatic heterocycles. The van der Waals surface area contributed by atoms with Crippen molar-refractivity contribution in [1.82, 2.24) is 0 Å². The summed E-state index contributed by atoms with van der Waals surface area (Å²) in [5.74, 6) is -0.428. The van der Waals surface area contributed by atoms with E-state index >= 15 is 0 Å². The number of rotatable bonds is 21. The smallest absolute Gasteiger partial charge is 0.311 e. The van der Waals surface area contributed by atoms with Crippen LogP contribution >= 0.6 is 0 Å². The predicted molar refractivity (Wildman–Crippen MR) is 314 cm³/mol. The van der Waals surface area contributed by atoms with E-state index in [1.807, 2.05) is 39.0 Å². The number of hydrogen-bond acceptors (Lipinski definition) is 8. The Morgan fingerprint density at radius 3 is 1.25 bits per heavy atom. The normalized spacial score (nSPS) is 12.3. The van der Waals surface area contributed by atoms with Crippen LogP contribution < -0.4 is 10.4 Å². The lowest BCUT2D eigenvalue weighted by atomic mass is 9.86. The maximum absolute atomic E-state index is 11.0. The number of allylic oxidation sites excluding steroid dienone is 5. The average molecular weight is 1010 g/mol. The van der Waals surface area contributed by atoms with E-state index < -0.39 is 13.7 Å². The molecule has 1 saturated heterocycles. The van der Waals surface area contributed by atoms with Crippen molar-refractivity contribution in [3.05, 3.63) is 162 Å². The molecule has 0 aliphatic carbocycles. The minimum atomic E-state index is -2.42. The molecule has 2 aromatic rings. The maximum Gasteiger partial charge on any atom is 0.311 e. The Bertz CT molecular complexity index is 1640. The Hall–Kier alpha value is -4.64. The Morgan fingerprint density at radius 2 is 1.00 bits per heavy atom. The van der Waals surface area contributed by atoms with E-state index in [0.29, 0.717) is 31.0 Å². The highest BCUT2D eigenvalue weighted by Crippen LogP contribution is 2.38. The summed E-state index contributed by atoms with van der Waals surface area (Å²) < 4.78 is 30.6. The maximum atomic E-state index is 11.0. The molecule has 0 bridgehead atoms. The van der Waals surface area contributed by atoms with Crippen LogP contribution in [0.1, 0.15) is 123 Å². The molecule has 0 saturated carbocycles. The van der Waals surface area contributed by atoms with Crippen molar-refractivity contribution in [2.24, 2.45) is 21.7 Å². The predicted octanol–water partition coefficient (Wildman–Crippen LogP) is 15.3. The number of esters is 2. The first-order valence-electron chi connectivity index (χ1n) is 23.9. The fourth-order valence-electron chi connectivity index (χ4n) is 6.40. The van der Waals surface area contributed by atoms with E-state index in [1.54, 1.807) is 32.4 Å². The molecule has 0 radical (unpaired) electrons. The van der Waals surface area contributed by atoms with Gasteiger partial charge >= 0.3 is 11.9 Å². The second-order valence-electron chi connectivity index (χ2n) is 20.1. The zero-order valence-electron chi connectivity index (χ0n) is 47.4. The molecule has 0 amide bonds. The monoisotopic (exact) mass is 1010 g/mol. The van der Waals surface area contributed by atoms with E-state index in [4.69, 9.17) is 13.9 Å². The molecular weight excluding hydrogens is 901 g/mol. The van der Waals surface area contributed by atoms with Crippen LogP contribution in [-0.2, 0) is 37.7 Å². The van der Waals surface area contributed by atoms with Crippen LogP contribution in [0.5, 0.6) is 0 Å². The van der Waals surface area contributed by atoms with Crippen LogP contribution in [0.25, 0.3) is 0 Å². The van der Waals surface area contributed by atoms with Crippen molar-refractivity contribution in [3.8, 4) is 0 Å². The van der Waals surface area contributed by atoms with E-state index in [2.05, 4.69) is 196 Å². The highest BCUT2D eigenvalue weighted by Gasteiger charge is 2.50. The topological polar surface area (TPSA) is 92.8 Å². The summed E-state index contributed by atoms with van der Waals surface area (Å²) in [4.78, 5) is 21.1. The SMILES string of the molecule is C.C=C.C=CC.C=CCC(=O)OC.C=CCC(C)(C)C(=O)OC.C=CCC(C)(C)C1CO1.C=CCC(C)(C)COC.C=CCC(C)(C)CO[Si](c1ccccc1)(c1ccccc1)C(C)(C)C.C=CCOC. The van der Waals surface area contributed by atoms with Crippen LogP contribution in [0.15, 0.2) is 162 Å². The van der Waals surface area contributed by atoms with Gasteiger partial charge in [-0.1, -0.05) is 173 Å². The standard InChI is InChI=1S/C23H32OSi.C8H14O2.C8H14O.C8H16O.C5H8O2.C4H8O.C3H6.C2H4.CH4/c1-7-18-23(5,6)19-24-25(22(2,3)4,20-14-10-8-11-15-20)21-16-12-9-13-17-21;1-5-6-8(2,3)7(9)10-4;1-4-5-8(2,3)7-6-9-7;1-5-6-8(2,3)7-9-4;1-3-4-5(6)7-2;1-3-4-5-2;1-3-2;1-2;/h7-17H,1,18-19H2,2-6H3;5H,1,6H2,2-4H3;4,7H,1,5-6H2,2-3H3;5H,1,6-7H2,2-4H3;3H,1,4H2,2H3;3H,1,4H2,2H3;3H,1H2,2H3;1-2H2;1H4. The quantitative estimate of drug-likeness (QED) is 0.0528. The summed E-state index contributed by atoms with van der Waals surface area (Å²) in [5, 5.41) is 2.70. The van der Waals surface area contributed by atoms with Gasteiger partial charge in [0.05, 0.1) is 52.0 Å². The third kappa shape index (κ3) is 37.8. The molecule has 1 unspecified atom stereocenters. The van der Waals surface area contributed by atoms with Crippen LogP contribution in [-0.4, -0.2) is 81.2 Å². The fraction of sp³-hybridized carbons (Fsp3) is 0.516. The summed E-state index contributed by atoms with van der Waals surface area (Å²) in [6.07, 6.45) is 17.0. The first kappa shape index (κ1) is 77.8. The van der Waals surface area contributed by atoms with E-state index in [0.717, 1.165) is 39.1 Å². The average Bonchev–Trinajstić information content (AvgIpc) is 4.16. The largest absolute Gasteiger partial charge is 0.469 e. The van der Waals surface area contributed by atoms with Gasteiger partial charge in [0.25, 0.3) is 8.32 Å². The molecule has 1 atom stereocenters. The third-order valence-corrected chi connectivity index (χ3v) is 15.1. The summed E-state index contributed by atoms with van der Waals surface area (Å²) in [5.41, 5.74) is 0.240. The number of epoxide rings is 1. The first-order chi connectivity index (χ1) is 32.7. The molecule has 1 fully saturated rings. The Morgan fingerprint density at radius 1 is 0.606 bits per heavy atom. The van der Waals surface area contributed by atoms with Crippen LogP contribution in [0, 0.1) is 21.7 Å². The van der Waals surface area contributed by atoms with Crippen molar-refractivity contribution in [2.45, 2.75) is 134 Å². The zero-order chi connectivity index (χ0) is 55.5. The summed E-state index contributed by atoms with van der Waals surface area (Å²) in [6.45, 7) is 59.9. The van der Waals surface area contributed by atoms with Crippen molar-refractivity contribution in [1.29, 1.82) is 0 Å². The van der Waals surface area contributed by atoms with Gasteiger partial charge in [-0.25, -0.2) is 0 Å². The highest BCUT2D eigenvalue weighted by atomic mass is 28.4. The number of benzene rings is 2. The van der Waals surface area contributed by atoms with Crippen molar-refractivity contribution in [3.63, 3.8) is 0 Å². The van der Waals surface area contributed by atoms with Gasteiger partial charge < -0.3 is 28.1 Å². The van der Waals surface area contributed by atoms with Crippen LogP contribution in [0.2, 0.25) is 5.04 Å². The molecule has 2 aromatic carbocycles. The summed E-state index contributed by atoms with van der Waals surface area (Å²) >= 11 is 0. The second kappa shape index (κ2) is 44.1. The number of hydrogen-bond donors (Lipinski definition) is 0. The summed E-state index contributed by atoms with van der Waals surface area (Å²) in [6, 6.07) is 21.6. The highest BCUT2D eigenvalue weighted by molar-refractivity contribution is 6.99. The van der Waals surface area contributed by atoms with Gasteiger partial charge in [0.15, 0.2) is 0 Å². The molecular formula is C62H106O8Si. The molecule has 0 N–H and O–H groups in total. The molecule has 1 aliphatic rings. The van der Waals surface area contributed by atoms with E-state index in [-0.39, 0.29) is 35.2 Å². The Kier molecular flexibility index (Phi) is 48.3. The molecule has 9 heteroatoms. The first-order valence-corrected chi connectivity index (χ1v) is 25.8. The van der Waals surface area contributed by atoms with Gasteiger partial charge in [0.2, 0.25) is 0 Å². The lowest BCUT2D eigenvalue weighted by Gasteiger charge is -2.44. The van der Waals surface area contributed by atoms with Gasteiger partial charge in [0.1, 0.15) is 0 Å². The summed E-state index contributed by atoms with van der Waals surface area (Å²) in [7, 11) is 3.69. The minimum absolute atomic E-state index is 0. The van der Waals surface area contributed by atoms with E-state index in [1.165, 1.54) is 30.7 Å². The number of ether oxygens (including phenoxy) is 5. The molecule has 3 rings (SSSR count). The van der Waals surface area contributed by atoms with E-state index in [9.17, 15) is 9.59 Å². The molecule has 0 spiro atoms. The molecule has 8 nitrogen and oxygen atoms in total. The van der Waals surface area contributed by atoms with Crippen molar-refractivity contribution >= 4 is 30.6 Å². The van der Waals surface area contributed by atoms with Gasteiger partial charge in [-0.05, 0) is 78.1 Å². The lowest BCUT2D eigenvalue weighted by Crippen LogP contribution is -2.67. The molecule has 406 valence electrons. The molecule has 71 heavy (non-hydrogen) atoms. The van der Waals surface area contributed by atoms with Gasteiger partial charge in [-0.15, -0.1) is 59.2 Å². The fourth-order valence-corrected chi connectivity index (χ4v) is 11.2. The third-order valence-electron chi connectivity index (χ3n) is 10.1. The number of carbonyl (C=O) groups is 2. The zero-order valence-corrected chi connectivity index (χ0v) is 48.4. The number of carbonyl (C=O) groups excluding carboxylic acids is 2.